The Balaban J connectivity index is 2.59. The van der Waals surface area contributed by atoms with Crippen LogP contribution in [0.2, 0.25) is 10.0 Å². The molecule has 0 heterocycles. The van der Waals surface area contributed by atoms with E-state index in [9.17, 15) is 4.79 Å². The van der Waals surface area contributed by atoms with Gasteiger partial charge in [0.15, 0.2) is 0 Å². The van der Waals surface area contributed by atoms with Crippen molar-refractivity contribution in [3.8, 4) is 0 Å². The Hall–Kier alpha value is -0.770. The summed E-state index contributed by atoms with van der Waals surface area (Å²) >= 11 is 12.1. The van der Waals surface area contributed by atoms with Crippen molar-refractivity contribution in [1.29, 1.82) is 0 Å². The fourth-order valence-electron chi connectivity index (χ4n) is 1.58. The molecule has 0 saturated carbocycles. The minimum atomic E-state index is -0.476. The van der Waals surface area contributed by atoms with Gasteiger partial charge in [0.1, 0.15) is 5.60 Å². The molecule has 5 heteroatoms. The number of halogens is 2. The molecule has 1 atom stereocenters. The minimum Gasteiger partial charge on any atom is -0.459 e. The minimum absolute atomic E-state index is 0.0845. The zero-order valence-electron chi connectivity index (χ0n) is 11.6. The highest BCUT2D eigenvalue weighted by Crippen LogP contribution is 2.29. The molecule has 0 fully saturated rings. The predicted octanol–water partition coefficient (Wildman–Crippen LogP) is 3.99. The van der Waals surface area contributed by atoms with Crippen LogP contribution in [-0.2, 0) is 9.53 Å². The second-order valence-electron chi connectivity index (χ2n) is 5.33. The lowest BCUT2D eigenvalue weighted by molar-refractivity contribution is -0.153. The molecule has 0 amide bonds. The van der Waals surface area contributed by atoms with Gasteiger partial charge in [-0.15, -0.1) is 0 Å². The second-order valence-corrected chi connectivity index (χ2v) is 6.12. The summed E-state index contributed by atoms with van der Waals surface area (Å²) in [6.07, 6.45) is 0. The molecule has 0 aromatic heterocycles. The van der Waals surface area contributed by atoms with Gasteiger partial charge in [0.25, 0.3) is 0 Å². The third kappa shape index (κ3) is 5.39. The summed E-state index contributed by atoms with van der Waals surface area (Å²) in [6, 6.07) is 5.35. The van der Waals surface area contributed by atoms with Crippen LogP contribution < -0.4 is 5.32 Å². The van der Waals surface area contributed by atoms with Crippen molar-refractivity contribution in [2.45, 2.75) is 39.3 Å². The lowest BCUT2D eigenvalue weighted by atomic mass is 10.1. The van der Waals surface area contributed by atoms with Gasteiger partial charge in [0, 0.05) is 6.04 Å². The number of hydrogen-bond donors (Lipinski definition) is 1. The van der Waals surface area contributed by atoms with E-state index in [1.165, 1.54) is 0 Å². The normalized spacial score (nSPS) is 13.2. The van der Waals surface area contributed by atoms with E-state index < -0.39 is 5.60 Å². The molecule has 19 heavy (non-hydrogen) atoms. The van der Waals surface area contributed by atoms with Crippen LogP contribution in [0, 0.1) is 0 Å². The van der Waals surface area contributed by atoms with Crippen molar-refractivity contribution in [1.82, 2.24) is 5.32 Å². The van der Waals surface area contributed by atoms with E-state index in [1.54, 1.807) is 6.07 Å². The lowest BCUT2D eigenvalue weighted by Gasteiger charge is -2.21. The molecule has 0 aliphatic carbocycles. The van der Waals surface area contributed by atoms with E-state index in [-0.39, 0.29) is 18.6 Å². The maximum atomic E-state index is 11.6. The second kappa shape index (κ2) is 6.60. The molecular weight excluding hydrogens is 285 g/mol. The van der Waals surface area contributed by atoms with Crippen molar-refractivity contribution in [2.24, 2.45) is 0 Å². The molecule has 0 saturated heterocycles. The molecule has 3 nitrogen and oxygen atoms in total. The summed E-state index contributed by atoms with van der Waals surface area (Å²) in [5.41, 5.74) is 0.383. The lowest BCUT2D eigenvalue weighted by Crippen LogP contribution is -2.32. The number of benzene rings is 1. The third-order valence-corrected chi connectivity index (χ3v) is 3.25. The standard InChI is InChI=1S/C14H19Cl2NO2/c1-9(10-6-5-7-11(15)13(10)16)17-8-12(18)19-14(2,3)4/h5-7,9,17H,8H2,1-4H3. The van der Waals surface area contributed by atoms with Crippen molar-refractivity contribution in [3.05, 3.63) is 33.8 Å². The molecule has 0 aliphatic rings. The van der Waals surface area contributed by atoms with Crippen LogP contribution in [0.3, 0.4) is 0 Å². The fourth-order valence-corrected chi connectivity index (χ4v) is 2.05. The molecule has 0 spiro atoms. The van der Waals surface area contributed by atoms with Gasteiger partial charge >= 0.3 is 5.97 Å². The average molecular weight is 304 g/mol. The van der Waals surface area contributed by atoms with Gasteiger partial charge in [-0.1, -0.05) is 35.3 Å². The molecule has 0 bridgehead atoms. The van der Waals surface area contributed by atoms with E-state index in [0.29, 0.717) is 10.0 Å². The van der Waals surface area contributed by atoms with Crippen LogP contribution in [0.5, 0.6) is 0 Å². The summed E-state index contributed by atoms with van der Waals surface area (Å²) < 4.78 is 5.22. The van der Waals surface area contributed by atoms with Crippen LogP contribution in [0.15, 0.2) is 18.2 Å². The Morgan fingerprint density at radius 1 is 1.37 bits per heavy atom. The van der Waals surface area contributed by atoms with Gasteiger partial charge in [-0.25, -0.2) is 0 Å². The molecule has 1 unspecified atom stereocenters. The fraction of sp³-hybridized carbons (Fsp3) is 0.500. The summed E-state index contributed by atoms with van der Waals surface area (Å²) in [5, 5.41) is 4.08. The zero-order valence-corrected chi connectivity index (χ0v) is 13.1. The molecule has 0 aliphatic heterocycles. The number of esters is 1. The van der Waals surface area contributed by atoms with Gasteiger partial charge in [0.05, 0.1) is 16.6 Å². The van der Waals surface area contributed by atoms with E-state index in [2.05, 4.69) is 5.32 Å². The summed E-state index contributed by atoms with van der Waals surface area (Å²) in [6.45, 7) is 7.55. The van der Waals surface area contributed by atoms with Crippen LogP contribution in [-0.4, -0.2) is 18.1 Å². The van der Waals surface area contributed by atoms with Crippen molar-refractivity contribution >= 4 is 29.2 Å². The van der Waals surface area contributed by atoms with Gasteiger partial charge in [0.2, 0.25) is 0 Å². The third-order valence-electron chi connectivity index (χ3n) is 2.42. The number of carbonyl (C=O) groups is 1. The molecule has 1 aromatic rings. The highest BCUT2D eigenvalue weighted by Gasteiger charge is 2.18. The van der Waals surface area contributed by atoms with Crippen LogP contribution in [0.25, 0.3) is 0 Å². The van der Waals surface area contributed by atoms with Crippen molar-refractivity contribution in [2.75, 3.05) is 6.54 Å². The number of hydrogen-bond acceptors (Lipinski definition) is 3. The van der Waals surface area contributed by atoms with E-state index in [1.807, 2.05) is 39.8 Å². The first kappa shape index (κ1) is 16.3. The highest BCUT2D eigenvalue weighted by molar-refractivity contribution is 6.42. The average Bonchev–Trinajstić information content (AvgIpc) is 2.27. The van der Waals surface area contributed by atoms with Crippen LogP contribution in [0.1, 0.15) is 39.3 Å². The first-order valence-electron chi connectivity index (χ1n) is 6.10. The van der Waals surface area contributed by atoms with E-state index in [4.69, 9.17) is 27.9 Å². The Bertz CT molecular complexity index is 455. The van der Waals surface area contributed by atoms with Gasteiger partial charge in [-0.2, -0.15) is 0 Å². The Kier molecular flexibility index (Phi) is 5.65. The van der Waals surface area contributed by atoms with E-state index >= 15 is 0 Å². The van der Waals surface area contributed by atoms with Gasteiger partial charge in [-0.05, 0) is 39.3 Å². The smallest absolute Gasteiger partial charge is 0.320 e. The molecular formula is C14H19Cl2NO2. The molecule has 1 rings (SSSR count). The zero-order chi connectivity index (χ0) is 14.6. The van der Waals surface area contributed by atoms with Gasteiger partial charge < -0.3 is 10.1 Å². The quantitative estimate of drug-likeness (QED) is 0.855. The maximum Gasteiger partial charge on any atom is 0.320 e. The van der Waals surface area contributed by atoms with Crippen LogP contribution in [0.4, 0.5) is 0 Å². The summed E-state index contributed by atoms with van der Waals surface area (Å²) in [7, 11) is 0. The summed E-state index contributed by atoms with van der Waals surface area (Å²) in [4.78, 5) is 11.6. The van der Waals surface area contributed by atoms with Crippen LogP contribution >= 0.6 is 23.2 Å². The number of carbonyl (C=O) groups excluding carboxylic acids is 1. The first-order valence-corrected chi connectivity index (χ1v) is 6.85. The summed E-state index contributed by atoms with van der Waals surface area (Å²) in [5.74, 6) is -0.294. The molecule has 0 radical (unpaired) electrons. The largest absolute Gasteiger partial charge is 0.459 e. The number of rotatable bonds is 4. The maximum absolute atomic E-state index is 11.6. The first-order chi connectivity index (χ1) is 8.70. The van der Waals surface area contributed by atoms with Crippen molar-refractivity contribution in [3.63, 3.8) is 0 Å². The highest BCUT2D eigenvalue weighted by atomic mass is 35.5. The monoisotopic (exact) mass is 303 g/mol. The topological polar surface area (TPSA) is 38.3 Å². The predicted molar refractivity (Wildman–Crippen MR) is 78.7 cm³/mol. The Morgan fingerprint density at radius 3 is 2.58 bits per heavy atom. The molecule has 1 N–H and O–H groups in total. The van der Waals surface area contributed by atoms with E-state index in [0.717, 1.165) is 5.56 Å². The van der Waals surface area contributed by atoms with Gasteiger partial charge in [-0.3, -0.25) is 4.79 Å². The van der Waals surface area contributed by atoms with Crippen molar-refractivity contribution < 1.29 is 9.53 Å². The molecule has 1 aromatic carbocycles. The molecule has 106 valence electrons. The number of nitrogens with one attached hydrogen (secondary N) is 1. The SMILES string of the molecule is CC(NCC(=O)OC(C)(C)C)c1cccc(Cl)c1Cl. The Morgan fingerprint density at radius 2 is 2.00 bits per heavy atom. The Labute approximate surface area is 124 Å². The number of ether oxygens (including phenoxy) is 1.